The number of benzene rings is 3. The van der Waals surface area contributed by atoms with Gasteiger partial charge in [0.05, 0.1) is 18.8 Å². The first kappa shape index (κ1) is 33.8. The summed E-state index contributed by atoms with van der Waals surface area (Å²) in [5, 5.41) is 15.0. The minimum absolute atomic E-state index is 0.125. The molecule has 0 bridgehead atoms. The maximum Gasteiger partial charge on any atom is 0.258 e. The molecule has 3 heterocycles. The van der Waals surface area contributed by atoms with Gasteiger partial charge in [0.1, 0.15) is 24.1 Å². The zero-order chi connectivity index (χ0) is 33.6. The van der Waals surface area contributed by atoms with Crippen molar-refractivity contribution in [1.29, 1.82) is 5.41 Å². The highest BCUT2D eigenvalue weighted by Crippen LogP contribution is 2.32. The molecule has 3 aromatic rings. The van der Waals surface area contributed by atoms with Crippen LogP contribution in [0.3, 0.4) is 0 Å². The number of halogens is 3. The van der Waals surface area contributed by atoms with Crippen LogP contribution in [0.4, 0.5) is 30.2 Å². The number of carbonyl (C=O) groups excluding carboxylic acids is 1. The highest BCUT2D eigenvalue weighted by atomic mass is 19.1. The molecule has 0 spiro atoms. The SMILES string of the molecule is N=C(NC(=O)c1ccc(N2CCC(N3CCOCC3)CC2)cc1NC1CCOCC1)c1cc(C(CF)c2cc(F)ccc2F)ccc1N. The fourth-order valence-corrected chi connectivity index (χ4v) is 6.93. The number of carbonyl (C=O) groups is 1. The van der Waals surface area contributed by atoms with E-state index in [9.17, 15) is 18.0 Å². The van der Waals surface area contributed by atoms with Gasteiger partial charge in [0, 0.05) is 85.6 Å². The van der Waals surface area contributed by atoms with Crippen LogP contribution in [0.1, 0.15) is 58.6 Å². The summed E-state index contributed by atoms with van der Waals surface area (Å²) < 4.78 is 53.8. The third-order valence-electron chi connectivity index (χ3n) is 9.70. The number of alkyl halides is 1. The molecule has 3 aliphatic heterocycles. The van der Waals surface area contributed by atoms with Gasteiger partial charge in [0.15, 0.2) is 0 Å². The number of anilines is 3. The normalized spacial score (nSPS) is 18.8. The van der Waals surface area contributed by atoms with E-state index < -0.39 is 30.1 Å². The number of ether oxygens (including phenoxy) is 2. The van der Waals surface area contributed by atoms with Crippen LogP contribution < -0.4 is 21.3 Å². The first-order chi connectivity index (χ1) is 23.3. The van der Waals surface area contributed by atoms with Crippen LogP contribution in [-0.4, -0.2) is 88.0 Å². The van der Waals surface area contributed by atoms with Crippen LogP contribution in [0.15, 0.2) is 54.6 Å². The second kappa shape index (κ2) is 15.4. The van der Waals surface area contributed by atoms with E-state index in [0.29, 0.717) is 36.1 Å². The zero-order valence-corrected chi connectivity index (χ0v) is 27.0. The van der Waals surface area contributed by atoms with Crippen molar-refractivity contribution in [3.63, 3.8) is 0 Å². The molecule has 3 saturated heterocycles. The number of amidine groups is 1. The number of nitrogens with two attached hydrogens (primary N) is 1. The lowest BCUT2D eigenvalue weighted by Crippen LogP contribution is -2.49. The smallest absolute Gasteiger partial charge is 0.258 e. The Morgan fingerprint density at radius 2 is 1.62 bits per heavy atom. The topological polar surface area (TPSA) is 116 Å². The number of nitrogens with zero attached hydrogens (tertiary/aromatic N) is 2. The van der Waals surface area contributed by atoms with Crippen molar-refractivity contribution in [2.75, 3.05) is 75.2 Å². The third kappa shape index (κ3) is 7.77. The lowest BCUT2D eigenvalue weighted by molar-refractivity contribution is 0.0115. The van der Waals surface area contributed by atoms with Gasteiger partial charge in [-0.3, -0.25) is 19.5 Å². The van der Waals surface area contributed by atoms with Crippen molar-refractivity contribution in [1.82, 2.24) is 10.2 Å². The number of morpholine rings is 1. The Morgan fingerprint density at radius 3 is 2.35 bits per heavy atom. The summed E-state index contributed by atoms with van der Waals surface area (Å²) >= 11 is 0. The van der Waals surface area contributed by atoms with E-state index in [-0.39, 0.29) is 28.7 Å². The molecule has 1 unspecified atom stereocenters. The molecule has 3 fully saturated rings. The molecule has 6 rings (SSSR count). The average molecular weight is 665 g/mol. The lowest BCUT2D eigenvalue weighted by atomic mass is 9.90. The van der Waals surface area contributed by atoms with Gasteiger partial charge in [-0.1, -0.05) is 6.07 Å². The third-order valence-corrected chi connectivity index (χ3v) is 9.70. The van der Waals surface area contributed by atoms with Crippen LogP contribution in [0.5, 0.6) is 0 Å². The number of rotatable bonds is 9. The van der Waals surface area contributed by atoms with Crippen LogP contribution in [0.2, 0.25) is 0 Å². The molecule has 1 amide bonds. The van der Waals surface area contributed by atoms with Crippen molar-refractivity contribution < 1.29 is 27.4 Å². The molecule has 12 heteroatoms. The summed E-state index contributed by atoms with van der Waals surface area (Å²) in [5.41, 5.74) is 8.74. The molecule has 0 aliphatic carbocycles. The van der Waals surface area contributed by atoms with Gasteiger partial charge in [-0.25, -0.2) is 8.78 Å². The van der Waals surface area contributed by atoms with E-state index in [0.717, 1.165) is 89.0 Å². The van der Waals surface area contributed by atoms with Crippen LogP contribution in [0, 0.1) is 17.0 Å². The molecule has 0 saturated carbocycles. The first-order valence-electron chi connectivity index (χ1n) is 16.7. The lowest BCUT2D eigenvalue weighted by Gasteiger charge is -2.41. The van der Waals surface area contributed by atoms with E-state index in [1.165, 1.54) is 18.2 Å². The second-order valence-corrected chi connectivity index (χ2v) is 12.7. The molecule has 0 aromatic heterocycles. The monoisotopic (exact) mass is 664 g/mol. The van der Waals surface area contributed by atoms with Crippen LogP contribution >= 0.6 is 0 Å². The Morgan fingerprint density at radius 1 is 0.896 bits per heavy atom. The van der Waals surface area contributed by atoms with Crippen molar-refractivity contribution in [2.24, 2.45) is 0 Å². The molecule has 5 N–H and O–H groups in total. The van der Waals surface area contributed by atoms with Crippen molar-refractivity contribution >= 4 is 28.8 Å². The van der Waals surface area contributed by atoms with E-state index in [1.807, 2.05) is 12.1 Å². The van der Waals surface area contributed by atoms with Crippen molar-refractivity contribution in [3.05, 3.63) is 88.5 Å². The average Bonchev–Trinajstić information content (AvgIpc) is 3.11. The fourth-order valence-electron chi connectivity index (χ4n) is 6.93. The van der Waals surface area contributed by atoms with Gasteiger partial charge in [0.2, 0.25) is 0 Å². The number of hydrogen-bond acceptors (Lipinski definition) is 8. The predicted octanol–water partition coefficient (Wildman–Crippen LogP) is 5.30. The molecular weight excluding hydrogens is 621 g/mol. The van der Waals surface area contributed by atoms with E-state index >= 15 is 0 Å². The molecule has 48 heavy (non-hydrogen) atoms. The van der Waals surface area contributed by atoms with Crippen LogP contribution in [0.25, 0.3) is 0 Å². The fraction of sp³-hybridized carbons (Fsp3) is 0.444. The Labute approximate surface area is 279 Å². The van der Waals surface area contributed by atoms with Gasteiger partial charge in [-0.05, 0) is 79.8 Å². The van der Waals surface area contributed by atoms with E-state index in [2.05, 4.69) is 20.4 Å². The zero-order valence-electron chi connectivity index (χ0n) is 27.0. The highest BCUT2D eigenvalue weighted by molar-refractivity contribution is 6.15. The van der Waals surface area contributed by atoms with Crippen molar-refractivity contribution in [3.8, 4) is 0 Å². The van der Waals surface area contributed by atoms with E-state index in [4.69, 9.17) is 20.6 Å². The van der Waals surface area contributed by atoms with Gasteiger partial charge in [0.25, 0.3) is 5.91 Å². The molecule has 3 aromatic carbocycles. The Kier molecular flexibility index (Phi) is 10.8. The Hall–Kier alpha value is -4.13. The number of amides is 1. The predicted molar refractivity (Wildman–Crippen MR) is 181 cm³/mol. The molecule has 1 atom stereocenters. The highest BCUT2D eigenvalue weighted by Gasteiger charge is 2.28. The summed E-state index contributed by atoms with van der Waals surface area (Å²) in [4.78, 5) is 18.6. The summed E-state index contributed by atoms with van der Waals surface area (Å²) in [7, 11) is 0. The van der Waals surface area contributed by atoms with Gasteiger partial charge in [-0.15, -0.1) is 0 Å². The largest absolute Gasteiger partial charge is 0.398 e. The minimum Gasteiger partial charge on any atom is -0.398 e. The van der Waals surface area contributed by atoms with E-state index in [1.54, 1.807) is 6.07 Å². The molecular formula is C36H43F3N6O3. The molecule has 9 nitrogen and oxygen atoms in total. The van der Waals surface area contributed by atoms with Crippen molar-refractivity contribution in [2.45, 2.75) is 43.7 Å². The second-order valence-electron chi connectivity index (χ2n) is 12.7. The maximum atomic E-state index is 14.6. The number of nitrogen functional groups attached to an aromatic ring is 1. The minimum atomic E-state index is -1.12. The number of piperidine rings is 1. The van der Waals surface area contributed by atoms with Gasteiger partial charge >= 0.3 is 0 Å². The number of hydrogen-bond donors (Lipinski definition) is 4. The first-order valence-corrected chi connectivity index (χ1v) is 16.7. The quantitative estimate of drug-likeness (QED) is 0.140. The molecule has 256 valence electrons. The summed E-state index contributed by atoms with van der Waals surface area (Å²) in [6.45, 7) is 5.60. The van der Waals surface area contributed by atoms with Crippen LogP contribution in [-0.2, 0) is 9.47 Å². The summed E-state index contributed by atoms with van der Waals surface area (Å²) in [6, 6.07) is 13.7. The van der Waals surface area contributed by atoms with Gasteiger partial charge < -0.3 is 30.7 Å². The summed E-state index contributed by atoms with van der Waals surface area (Å²) in [5.74, 6) is -3.34. The molecule has 0 radical (unpaired) electrons. The van der Waals surface area contributed by atoms with Gasteiger partial charge in [-0.2, -0.15) is 0 Å². The maximum absolute atomic E-state index is 14.6. The number of nitrogens with one attached hydrogen (secondary N) is 3. The Balaban J connectivity index is 1.20. The standard InChI is InChI=1S/C36H43F3N6O3/c37-22-31(29-20-24(38)2-5-32(29)39)23-1-6-33(40)30(19-23)35(41)43-36(46)28-4-3-27(21-34(28)42-25-9-15-47-16-10-25)44-11-7-26(8-12-44)45-13-17-48-18-14-45/h1-6,19-21,25-26,31,42H,7-18,22,40H2,(H2,41,43,46). The summed E-state index contributed by atoms with van der Waals surface area (Å²) in [6.07, 6.45) is 3.71. The molecule has 3 aliphatic rings. The Bertz CT molecular complexity index is 1600.